The molecular weight excluding hydrogens is 497 g/mol. The Morgan fingerprint density at radius 3 is 0.625 bits per heavy atom. The SMILES string of the molecule is O.O.O.O.[I][Cr]([I])[I]. The summed E-state index contributed by atoms with van der Waals surface area (Å²) in [6, 6.07) is 0. The van der Waals surface area contributed by atoms with Crippen molar-refractivity contribution in [2.75, 3.05) is 0 Å². The fourth-order valence-electron chi connectivity index (χ4n) is 0. The van der Waals surface area contributed by atoms with E-state index in [0.717, 1.165) is 0 Å². The van der Waals surface area contributed by atoms with Gasteiger partial charge in [0.25, 0.3) is 0 Å². The fraction of sp³-hybridized carbons (Fsp3) is 0. The van der Waals surface area contributed by atoms with Gasteiger partial charge < -0.3 is 21.9 Å². The first-order chi connectivity index (χ1) is 1.73. The molecule has 8 heteroatoms. The first-order valence-electron chi connectivity index (χ1n) is 0.463. The third-order valence-corrected chi connectivity index (χ3v) is 0. The molecule has 8 N–H and O–H groups in total. The Balaban J connectivity index is -0.00000000750. The van der Waals surface area contributed by atoms with Crippen LogP contribution < -0.4 is 0 Å². The Hall–Kier alpha value is 2.56. The summed E-state index contributed by atoms with van der Waals surface area (Å²) in [5.74, 6) is 0. The van der Waals surface area contributed by atoms with Crippen molar-refractivity contribution in [3.8, 4) is 0 Å². The predicted molar refractivity (Wildman–Crippen MR) is 56.5 cm³/mol. The van der Waals surface area contributed by atoms with Crippen molar-refractivity contribution in [2.24, 2.45) is 0 Å². The Morgan fingerprint density at radius 1 is 0.625 bits per heavy atom. The van der Waals surface area contributed by atoms with Crippen molar-refractivity contribution < 1.29 is 26.2 Å². The van der Waals surface area contributed by atoms with Gasteiger partial charge in [-0.3, -0.25) is 0 Å². The molecule has 4 nitrogen and oxygen atoms in total. The Bertz CT molecular complexity index is 16.0. The fourth-order valence-corrected chi connectivity index (χ4v) is 0. The molecule has 0 saturated carbocycles. The van der Waals surface area contributed by atoms with Gasteiger partial charge in [-0.2, -0.15) is 0 Å². The number of hydrogen-bond acceptors (Lipinski definition) is 0. The Kier molecular flexibility index (Phi) is 88.4. The average molecular weight is 505 g/mol. The molecule has 0 aliphatic rings. The first-order valence-corrected chi connectivity index (χ1v) is 12.8. The Labute approximate surface area is 85.4 Å². The van der Waals surface area contributed by atoms with E-state index in [-0.39, 0.29) is 26.2 Å². The van der Waals surface area contributed by atoms with Crippen LogP contribution in [0.25, 0.3) is 0 Å². The number of halogens is 3. The zero-order chi connectivity index (χ0) is 3.58. The molecule has 0 heterocycles. The average Bonchev–Trinajstić information content (AvgIpc) is 0.811. The van der Waals surface area contributed by atoms with Crippen LogP contribution in [0.3, 0.4) is 0 Å². The van der Waals surface area contributed by atoms with Crippen molar-refractivity contribution in [1.82, 2.24) is 0 Å². The van der Waals surface area contributed by atoms with Gasteiger partial charge in [-0.1, -0.05) is 0 Å². The molecule has 0 aliphatic carbocycles. The molecule has 0 aromatic carbocycles. The molecule has 0 spiro atoms. The molecule has 0 bridgehead atoms. The van der Waals surface area contributed by atoms with Gasteiger partial charge in [-0.05, 0) is 0 Å². The van der Waals surface area contributed by atoms with Gasteiger partial charge in [0.15, 0.2) is 0 Å². The van der Waals surface area contributed by atoms with Crippen molar-refractivity contribution in [2.45, 2.75) is 0 Å². The first kappa shape index (κ1) is 31.2. The molecule has 0 atom stereocenters. The van der Waals surface area contributed by atoms with Crippen LogP contribution in [0, 0.1) is 0 Å². The van der Waals surface area contributed by atoms with E-state index in [1.807, 2.05) is 0 Å². The summed E-state index contributed by atoms with van der Waals surface area (Å²) in [4.78, 5) is 0. The zero-order valence-electron chi connectivity index (χ0n) is 3.54. The monoisotopic (exact) mass is 505 g/mol. The van der Waals surface area contributed by atoms with Crippen LogP contribution in [0.4, 0.5) is 0 Å². The van der Waals surface area contributed by atoms with E-state index < -0.39 is 0 Å². The maximum atomic E-state index is 2.44. The molecule has 0 saturated heterocycles. The maximum absolute atomic E-state index is 2.44. The standard InChI is InChI=1S/Cr.3HI.4H2O/h;3*1H;4*1H2/q+3;;;;;;;/p-3. The van der Waals surface area contributed by atoms with Crippen molar-refractivity contribution in [3.63, 3.8) is 0 Å². The van der Waals surface area contributed by atoms with Crippen molar-refractivity contribution in [1.29, 1.82) is 0 Å². The Morgan fingerprint density at radius 2 is 0.625 bits per heavy atom. The molecule has 0 fully saturated rings. The molecule has 0 radical (unpaired) electrons. The summed E-state index contributed by atoms with van der Waals surface area (Å²) in [6.45, 7) is 0. The summed E-state index contributed by atoms with van der Waals surface area (Å²) in [5, 5.41) is 0. The van der Waals surface area contributed by atoms with E-state index >= 15 is 0 Å². The predicted octanol–water partition coefficient (Wildman–Crippen LogP) is -0.644. The molecule has 8 heavy (non-hydrogen) atoms. The number of hydrogen-bond donors (Lipinski definition) is 0. The van der Waals surface area contributed by atoms with Crippen LogP contribution in [-0.4, -0.2) is 21.9 Å². The van der Waals surface area contributed by atoms with Gasteiger partial charge in [0.05, 0.1) is 0 Å². The minimum atomic E-state index is -0.132. The third kappa shape index (κ3) is 74.6. The van der Waals surface area contributed by atoms with E-state index in [4.69, 9.17) is 0 Å². The number of rotatable bonds is 0. The molecule has 0 amide bonds. The third-order valence-electron chi connectivity index (χ3n) is 0. The van der Waals surface area contributed by atoms with Crippen LogP contribution in [0.5, 0.6) is 0 Å². The van der Waals surface area contributed by atoms with Crippen LogP contribution in [0.15, 0.2) is 0 Å². The van der Waals surface area contributed by atoms with Gasteiger partial charge in [-0.25, -0.2) is 0 Å². The zero-order valence-corrected chi connectivity index (χ0v) is 11.3. The van der Waals surface area contributed by atoms with Crippen LogP contribution in [0.2, 0.25) is 0 Å². The summed E-state index contributed by atoms with van der Waals surface area (Å²) in [6.07, 6.45) is 0. The normalized spacial score (nSPS) is 4.50. The second kappa shape index (κ2) is 22.7. The van der Waals surface area contributed by atoms with E-state index in [9.17, 15) is 0 Å². The van der Waals surface area contributed by atoms with E-state index in [1.165, 1.54) is 0 Å². The van der Waals surface area contributed by atoms with Crippen molar-refractivity contribution >= 4 is 60.8 Å². The molecule has 59 valence electrons. The molecular formula is H8CrI3O4. The van der Waals surface area contributed by atoms with Gasteiger partial charge in [0, 0.05) is 0 Å². The van der Waals surface area contributed by atoms with Crippen molar-refractivity contribution in [3.05, 3.63) is 0 Å². The molecule has 0 aromatic heterocycles. The topological polar surface area (TPSA) is 126 Å². The molecule has 0 rings (SSSR count). The van der Waals surface area contributed by atoms with E-state index in [0.29, 0.717) is 0 Å². The molecule has 0 aliphatic heterocycles. The second-order valence-electron chi connectivity index (χ2n) is 0.175. The van der Waals surface area contributed by atoms with Crippen LogP contribution in [-0.2, 0) is 4.30 Å². The van der Waals surface area contributed by atoms with Crippen LogP contribution >= 0.6 is 60.8 Å². The van der Waals surface area contributed by atoms with Crippen LogP contribution in [0.1, 0.15) is 0 Å². The summed E-state index contributed by atoms with van der Waals surface area (Å²) < 4.78 is -0.132. The summed E-state index contributed by atoms with van der Waals surface area (Å²) >= 11 is 7.33. The van der Waals surface area contributed by atoms with Gasteiger partial charge in [-0.15, -0.1) is 0 Å². The second-order valence-corrected chi connectivity index (χ2v) is 32.5. The van der Waals surface area contributed by atoms with E-state index in [2.05, 4.69) is 60.8 Å². The summed E-state index contributed by atoms with van der Waals surface area (Å²) in [7, 11) is 0. The van der Waals surface area contributed by atoms with E-state index in [1.54, 1.807) is 0 Å². The van der Waals surface area contributed by atoms with Gasteiger partial charge in [0.2, 0.25) is 0 Å². The van der Waals surface area contributed by atoms with Gasteiger partial charge in [0.1, 0.15) is 0 Å². The minimum absolute atomic E-state index is 0. The molecule has 0 aromatic rings. The molecule has 0 unspecified atom stereocenters. The summed E-state index contributed by atoms with van der Waals surface area (Å²) in [5.41, 5.74) is 0. The van der Waals surface area contributed by atoms with Gasteiger partial charge >= 0.3 is 65.1 Å². The quantitative estimate of drug-likeness (QED) is 0.389.